The van der Waals surface area contributed by atoms with Crippen molar-refractivity contribution in [2.24, 2.45) is 0 Å². The van der Waals surface area contributed by atoms with Crippen molar-refractivity contribution in [2.75, 3.05) is 0 Å². The van der Waals surface area contributed by atoms with Crippen molar-refractivity contribution in [1.29, 1.82) is 0 Å². The highest BCUT2D eigenvalue weighted by molar-refractivity contribution is 5.82. The van der Waals surface area contributed by atoms with Crippen molar-refractivity contribution >= 4 is 0 Å². The van der Waals surface area contributed by atoms with Crippen LogP contribution in [0.4, 0.5) is 8.78 Å². The Bertz CT molecular complexity index is 1010. The molecule has 0 aliphatic carbocycles. The number of halogens is 2. The van der Waals surface area contributed by atoms with E-state index in [4.69, 9.17) is 0 Å². The molecule has 5 heteroatoms. The van der Waals surface area contributed by atoms with Crippen molar-refractivity contribution in [3.05, 3.63) is 90.6 Å². The van der Waals surface area contributed by atoms with Gasteiger partial charge in [0.15, 0.2) is 0 Å². The van der Waals surface area contributed by atoms with Crippen LogP contribution >= 0.6 is 0 Å². The third kappa shape index (κ3) is 2.92. The summed E-state index contributed by atoms with van der Waals surface area (Å²) in [4.78, 5) is 0. The lowest BCUT2D eigenvalue weighted by molar-refractivity contribution is 0.626. The van der Waals surface area contributed by atoms with Gasteiger partial charge in [0, 0.05) is 5.56 Å². The molecule has 0 saturated heterocycles. The summed E-state index contributed by atoms with van der Waals surface area (Å²) in [5.74, 6) is -0.587. The van der Waals surface area contributed by atoms with E-state index >= 15 is 0 Å². The van der Waals surface area contributed by atoms with Crippen LogP contribution in [0.1, 0.15) is 0 Å². The maximum Gasteiger partial charge on any atom is 0.123 e. The van der Waals surface area contributed by atoms with Crippen LogP contribution in [-0.2, 0) is 0 Å². The van der Waals surface area contributed by atoms with Gasteiger partial charge >= 0.3 is 0 Å². The molecule has 0 N–H and O–H groups in total. The minimum absolute atomic E-state index is 0.278. The average molecular weight is 333 g/mol. The Labute approximate surface area is 143 Å². The summed E-state index contributed by atoms with van der Waals surface area (Å²) in [5, 5.41) is 8.13. The molecular formula is C20H13F2N3. The highest BCUT2D eigenvalue weighted by atomic mass is 19.1. The van der Waals surface area contributed by atoms with Gasteiger partial charge in [0.2, 0.25) is 0 Å². The molecule has 0 fully saturated rings. The molecule has 25 heavy (non-hydrogen) atoms. The number of hydrogen-bond donors (Lipinski definition) is 0. The Morgan fingerprint density at radius 2 is 1.28 bits per heavy atom. The molecule has 1 aromatic heterocycles. The standard InChI is InChI=1S/C20H13F2N3/c21-15-7-5-14(6-8-15)18-3-1-2-4-19(18)20-13-23-24-25(20)17-11-9-16(22)10-12-17/h1-13H. The van der Waals surface area contributed by atoms with Gasteiger partial charge < -0.3 is 0 Å². The highest BCUT2D eigenvalue weighted by Gasteiger charge is 2.13. The summed E-state index contributed by atoms with van der Waals surface area (Å²) in [5.41, 5.74) is 4.22. The van der Waals surface area contributed by atoms with E-state index in [2.05, 4.69) is 10.3 Å². The Morgan fingerprint density at radius 3 is 1.96 bits per heavy atom. The zero-order chi connectivity index (χ0) is 17.2. The SMILES string of the molecule is Fc1ccc(-c2ccccc2-c2cnnn2-c2ccc(F)cc2)cc1. The van der Waals surface area contributed by atoms with E-state index in [0.29, 0.717) is 5.69 Å². The molecule has 0 aliphatic rings. The lowest BCUT2D eigenvalue weighted by atomic mass is 9.98. The van der Waals surface area contributed by atoms with Crippen molar-refractivity contribution in [3.8, 4) is 28.1 Å². The van der Waals surface area contributed by atoms with Gasteiger partial charge in [-0.15, -0.1) is 5.10 Å². The van der Waals surface area contributed by atoms with E-state index in [1.54, 1.807) is 35.1 Å². The van der Waals surface area contributed by atoms with Gasteiger partial charge in [-0.1, -0.05) is 41.6 Å². The van der Waals surface area contributed by atoms with E-state index in [9.17, 15) is 8.78 Å². The van der Waals surface area contributed by atoms with E-state index in [1.807, 2.05) is 24.3 Å². The fourth-order valence-electron chi connectivity index (χ4n) is 2.78. The first kappa shape index (κ1) is 15.2. The van der Waals surface area contributed by atoms with Crippen LogP contribution in [0.25, 0.3) is 28.1 Å². The maximum atomic E-state index is 13.2. The first-order valence-electron chi connectivity index (χ1n) is 7.74. The largest absolute Gasteiger partial charge is 0.213 e. The normalized spacial score (nSPS) is 10.8. The lowest BCUT2D eigenvalue weighted by Crippen LogP contribution is -2.00. The smallest absolute Gasteiger partial charge is 0.123 e. The molecule has 0 atom stereocenters. The lowest BCUT2D eigenvalue weighted by Gasteiger charge is -2.11. The molecule has 4 rings (SSSR count). The fraction of sp³-hybridized carbons (Fsp3) is 0. The molecule has 0 unspecified atom stereocenters. The van der Waals surface area contributed by atoms with Crippen LogP contribution in [0.15, 0.2) is 79.0 Å². The van der Waals surface area contributed by atoms with Gasteiger partial charge in [0.25, 0.3) is 0 Å². The number of aromatic nitrogens is 3. The molecule has 0 aliphatic heterocycles. The molecule has 4 aromatic rings. The number of benzene rings is 3. The molecule has 1 heterocycles. The Kier molecular flexibility index (Phi) is 3.82. The summed E-state index contributed by atoms with van der Waals surface area (Å²) in [6, 6.07) is 20.2. The van der Waals surface area contributed by atoms with E-state index < -0.39 is 0 Å². The molecule has 0 bridgehead atoms. The van der Waals surface area contributed by atoms with E-state index in [-0.39, 0.29) is 11.6 Å². The fourth-order valence-corrected chi connectivity index (χ4v) is 2.78. The van der Waals surface area contributed by atoms with Crippen molar-refractivity contribution < 1.29 is 8.78 Å². The van der Waals surface area contributed by atoms with Crippen molar-refractivity contribution in [1.82, 2.24) is 15.0 Å². The second-order valence-corrected chi connectivity index (χ2v) is 5.56. The number of nitrogens with zero attached hydrogens (tertiary/aromatic N) is 3. The highest BCUT2D eigenvalue weighted by Crippen LogP contribution is 2.32. The zero-order valence-corrected chi connectivity index (χ0v) is 13.1. The summed E-state index contributed by atoms with van der Waals surface area (Å²) in [6.07, 6.45) is 1.66. The van der Waals surface area contributed by atoms with Crippen LogP contribution in [0.2, 0.25) is 0 Å². The maximum absolute atomic E-state index is 13.2. The molecular weight excluding hydrogens is 320 g/mol. The van der Waals surface area contributed by atoms with Crippen molar-refractivity contribution in [3.63, 3.8) is 0 Å². The summed E-state index contributed by atoms with van der Waals surface area (Å²) >= 11 is 0. The van der Waals surface area contributed by atoms with Crippen LogP contribution in [0, 0.1) is 11.6 Å². The van der Waals surface area contributed by atoms with Crippen LogP contribution < -0.4 is 0 Å². The van der Waals surface area contributed by atoms with E-state index in [0.717, 1.165) is 22.4 Å². The first-order valence-corrected chi connectivity index (χ1v) is 7.74. The molecule has 0 saturated carbocycles. The molecule has 0 spiro atoms. The summed E-state index contributed by atoms with van der Waals surface area (Å²) < 4.78 is 28.1. The Balaban J connectivity index is 1.86. The van der Waals surface area contributed by atoms with E-state index in [1.165, 1.54) is 24.3 Å². The van der Waals surface area contributed by atoms with Crippen LogP contribution in [0.5, 0.6) is 0 Å². The third-order valence-electron chi connectivity index (χ3n) is 3.98. The molecule has 0 amide bonds. The van der Waals surface area contributed by atoms with Gasteiger partial charge in [-0.25, -0.2) is 13.5 Å². The summed E-state index contributed by atoms with van der Waals surface area (Å²) in [7, 11) is 0. The monoisotopic (exact) mass is 333 g/mol. The third-order valence-corrected chi connectivity index (χ3v) is 3.98. The van der Waals surface area contributed by atoms with Crippen LogP contribution in [-0.4, -0.2) is 15.0 Å². The minimum Gasteiger partial charge on any atom is -0.213 e. The molecule has 0 radical (unpaired) electrons. The van der Waals surface area contributed by atoms with Crippen molar-refractivity contribution in [2.45, 2.75) is 0 Å². The van der Waals surface area contributed by atoms with Gasteiger partial charge in [-0.05, 0) is 47.5 Å². The Morgan fingerprint density at radius 1 is 0.680 bits per heavy atom. The van der Waals surface area contributed by atoms with Crippen LogP contribution in [0.3, 0.4) is 0 Å². The second kappa shape index (κ2) is 6.28. The first-order chi connectivity index (χ1) is 12.2. The summed E-state index contributed by atoms with van der Waals surface area (Å²) in [6.45, 7) is 0. The van der Waals surface area contributed by atoms with Gasteiger partial charge in [0.1, 0.15) is 11.6 Å². The molecule has 3 nitrogen and oxygen atoms in total. The predicted octanol–water partition coefficient (Wildman–Crippen LogP) is 4.88. The minimum atomic E-state index is -0.308. The molecule has 122 valence electrons. The Hall–Kier alpha value is -3.34. The van der Waals surface area contributed by atoms with Gasteiger partial charge in [0.05, 0.1) is 17.6 Å². The molecule has 3 aromatic carbocycles. The second-order valence-electron chi connectivity index (χ2n) is 5.56. The number of rotatable bonds is 3. The number of hydrogen-bond acceptors (Lipinski definition) is 2. The topological polar surface area (TPSA) is 30.7 Å². The van der Waals surface area contributed by atoms with Gasteiger partial charge in [-0.3, -0.25) is 0 Å². The average Bonchev–Trinajstić information content (AvgIpc) is 3.13. The zero-order valence-electron chi connectivity index (χ0n) is 13.1. The van der Waals surface area contributed by atoms with Gasteiger partial charge in [-0.2, -0.15) is 0 Å². The quantitative estimate of drug-likeness (QED) is 0.535. The predicted molar refractivity (Wildman–Crippen MR) is 92.1 cm³/mol.